The van der Waals surface area contributed by atoms with Crippen LogP contribution in [-0.2, 0) is 35.6 Å². The van der Waals surface area contributed by atoms with Crippen LogP contribution in [0.4, 0.5) is 17.6 Å². The lowest BCUT2D eigenvalue weighted by Crippen LogP contribution is -2.35. The normalized spacial score (nSPS) is 11.8. The van der Waals surface area contributed by atoms with Crippen LogP contribution in [0.25, 0.3) is 0 Å². The third kappa shape index (κ3) is 6.76. The number of aromatic amines is 1. The van der Waals surface area contributed by atoms with Crippen LogP contribution < -0.4 is 16.0 Å². The fourth-order valence-electron chi connectivity index (χ4n) is 3.01. The highest BCUT2D eigenvalue weighted by Crippen LogP contribution is 2.30. The highest BCUT2D eigenvalue weighted by atomic mass is 32.2. The number of aromatic nitrogens is 2. The molecule has 0 saturated carbocycles. The van der Waals surface area contributed by atoms with Gasteiger partial charge in [-0.05, 0) is 44.5 Å². The molecule has 0 fully saturated rings. The van der Waals surface area contributed by atoms with Crippen LogP contribution in [0.2, 0.25) is 0 Å². The molecule has 0 amide bonds. The van der Waals surface area contributed by atoms with Crippen molar-refractivity contribution in [2.45, 2.75) is 64.1 Å². The number of nitrogens with one attached hydrogen (secondary N) is 2. The van der Waals surface area contributed by atoms with Crippen LogP contribution in [0, 0.1) is 5.82 Å². The van der Waals surface area contributed by atoms with Gasteiger partial charge in [0.15, 0.2) is 0 Å². The minimum absolute atomic E-state index is 0.143. The van der Waals surface area contributed by atoms with Gasteiger partial charge in [-0.25, -0.2) is 22.3 Å². The Hall–Kier alpha value is -2.47. The van der Waals surface area contributed by atoms with Gasteiger partial charge < -0.3 is 0 Å². The Morgan fingerprint density at radius 1 is 1.09 bits per heavy atom. The van der Waals surface area contributed by atoms with E-state index < -0.39 is 32.5 Å². The molecule has 0 atom stereocenters. The highest BCUT2D eigenvalue weighted by Gasteiger charge is 2.32. The van der Waals surface area contributed by atoms with E-state index in [1.165, 1.54) is 0 Å². The average Bonchev–Trinajstić information content (AvgIpc) is 2.70. The number of hydrogen-bond acceptors (Lipinski definition) is 4. The summed E-state index contributed by atoms with van der Waals surface area (Å²) in [5.74, 6) is -1.44. The molecule has 0 aliphatic heterocycles. The van der Waals surface area contributed by atoms with Gasteiger partial charge in [0.05, 0.1) is 5.56 Å². The molecule has 32 heavy (non-hydrogen) atoms. The average molecular weight is 482 g/mol. The van der Waals surface area contributed by atoms with E-state index in [9.17, 15) is 35.6 Å². The maximum Gasteiger partial charge on any atom is 0.416 e. The SMILES string of the molecule is CCCc1c(CC)c(=O)[nH]c(=O)n1CCC.CNS(=O)(=O)c1ccc(C(F)(F)F)cc1F. The molecule has 12 heteroatoms. The number of H-pyrrole nitrogens is 1. The Morgan fingerprint density at radius 2 is 1.72 bits per heavy atom. The molecule has 2 aromatic rings. The predicted octanol–water partition coefficient (Wildman–Crippen LogP) is 3.21. The molecule has 1 aromatic carbocycles. The number of alkyl halides is 3. The van der Waals surface area contributed by atoms with Gasteiger partial charge in [-0.1, -0.05) is 27.2 Å². The molecular weight excluding hydrogens is 454 g/mol. The molecule has 7 nitrogen and oxygen atoms in total. The number of hydrogen-bond donors (Lipinski definition) is 2. The molecule has 0 spiro atoms. The van der Waals surface area contributed by atoms with Crippen molar-refractivity contribution in [1.82, 2.24) is 14.3 Å². The van der Waals surface area contributed by atoms with E-state index in [-0.39, 0.29) is 17.3 Å². The maximum absolute atomic E-state index is 13.1. The molecule has 0 bridgehead atoms. The Balaban J connectivity index is 0.000000320. The van der Waals surface area contributed by atoms with Crippen LogP contribution in [0.3, 0.4) is 0 Å². The van der Waals surface area contributed by atoms with E-state index in [0.717, 1.165) is 37.6 Å². The van der Waals surface area contributed by atoms with Crippen molar-refractivity contribution >= 4 is 10.0 Å². The van der Waals surface area contributed by atoms with Crippen molar-refractivity contribution in [2.75, 3.05) is 7.05 Å². The lowest BCUT2D eigenvalue weighted by Gasteiger charge is -2.14. The Morgan fingerprint density at radius 3 is 2.16 bits per heavy atom. The molecule has 0 radical (unpaired) electrons. The van der Waals surface area contributed by atoms with E-state index in [1.54, 1.807) is 4.57 Å². The monoisotopic (exact) mass is 481 g/mol. The molecule has 1 heterocycles. The quantitative estimate of drug-likeness (QED) is 0.593. The second kappa shape index (κ2) is 11.4. The minimum atomic E-state index is -4.71. The highest BCUT2D eigenvalue weighted by molar-refractivity contribution is 7.89. The first-order valence-corrected chi connectivity index (χ1v) is 11.5. The van der Waals surface area contributed by atoms with E-state index in [2.05, 4.69) is 11.9 Å². The zero-order valence-corrected chi connectivity index (χ0v) is 19.1. The summed E-state index contributed by atoms with van der Waals surface area (Å²) in [7, 11) is -3.05. The topological polar surface area (TPSA) is 101 Å². The number of rotatable bonds is 7. The third-order valence-electron chi connectivity index (χ3n) is 4.52. The van der Waals surface area contributed by atoms with Crippen LogP contribution >= 0.6 is 0 Å². The molecule has 2 N–H and O–H groups in total. The van der Waals surface area contributed by atoms with Crippen molar-refractivity contribution in [1.29, 1.82) is 0 Å². The van der Waals surface area contributed by atoms with E-state index in [1.807, 2.05) is 18.6 Å². The van der Waals surface area contributed by atoms with Gasteiger partial charge in [-0.2, -0.15) is 13.2 Å². The van der Waals surface area contributed by atoms with Crippen LogP contribution in [0.1, 0.15) is 50.4 Å². The molecular formula is C20H27F4N3O4S. The van der Waals surface area contributed by atoms with Crippen molar-refractivity contribution in [3.05, 3.63) is 61.7 Å². The number of benzene rings is 1. The molecule has 180 valence electrons. The molecule has 0 saturated heterocycles. The van der Waals surface area contributed by atoms with Gasteiger partial charge in [0.2, 0.25) is 10.0 Å². The first kappa shape index (κ1) is 27.6. The fourth-order valence-corrected chi connectivity index (χ4v) is 3.79. The van der Waals surface area contributed by atoms with Gasteiger partial charge in [0, 0.05) is 17.8 Å². The molecule has 0 aliphatic rings. The summed E-state index contributed by atoms with van der Waals surface area (Å²) in [4.78, 5) is 24.9. The second-order valence-corrected chi connectivity index (χ2v) is 8.65. The molecule has 0 unspecified atom stereocenters. The number of nitrogens with zero attached hydrogens (tertiary/aromatic N) is 1. The van der Waals surface area contributed by atoms with Gasteiger partial charge in [-0.3, -0.25) is 14.3 Å². The fraction of sp³-hybridized carbons (Fsp3) is 0.500. The molecule has 1 aromatic heterocycles. The second-order valence-electron chi connectivity index (χ2n) is 6.79. The van der Waals surface area contributed by atoms with Crippen LogP contribution in [-0.4, -0.2) is 25.0 Å². The maximum atomic E-state index is 13.1. The summed E-state index contributed by atoms with van der Waals surface area (Å²) in [5.41, 5.74) is -0.0497. The summed E-state index contributed by atoms with van der Waals surface area (Å²) in [5, 5.41) is 0. The zero-order chi connectivity index (χ0) is 24.7. The zero-order valence-electron chi connectivity index (χ0n) is 18.3. The summed E-state index contributed by atoms with van der Waals surface area (Å²) >= 11 is 0. The summed E-state index contributed by atoms with van der Waals surface area (Å²) < 4.78 is 75.4. The van der Waals surface area contributed by atoms with Crippen molar-refractivity contribution in [2.24, 2.45) is 0 Å². The largest absolute Gasteiger partial charge is 0.416 e. The first-order chi connectivity index (χ1) is 14.8. The Kier molecular flexibility index (Phi) is 9.83. The molecule has 2 rings (SSSR count). The number of halogens is 4. The van der Waals surface area contributed by atoms with E-state index in [0.29, 0.717) is 25.1 Å². The Bertz CT molecular complexity index is 1140. The summed E-state index contributed by atoms with van der Waals surface area (Å²) in [6.07, 6.45) is -1.40. The van der Waals surface area contributed by atoms with Crippen molar-refractivity contribution in [3.63, 3.8) is 0 Å². The minimum Gasteiger partial charge on any atom is -0.297 e. The van der Waals surface area contributed by atoms with E-state index >= 15 is 0 Å². The summed E-state index contributed by atoms with van der Waals surface area (Å²) in [6, 6.07) is 1.22. The Labute approximate surface area is 183 Å². The smallest absolute Gasteiger partial charge is 0.297 e. The third-order valence-corrected chi connectivity index (χ3v) is 5.97. The lowest BCUT2D eigenvalue weighted by molar-refractivity contribution is -0.137. The first-order valence-electron chi connectivity index (χ1n) is 9.99. The van der Waals surface area contributed by atoms with Gasteiger partial charge in [-0.15, -0.1) is 0 Å². The van der Waals surface area contributed by atoms with Gasteiger partial charge >= 0.3 is 11.9 Å². The van der Waals surface area contributed by atoms with Crippen LogP contribution in [0.15, 0.2) is 32.7 Å². The van der Waals surface area contributed by atoms with Crippen LogP contribution in [0.5, 0.6) is 0 Å². The standard InChI is InChI=1S/C12H20N2O2.C8H7F4NO2S/c1-4-7-10-9(6-3)11(15)13-12(16)14(10)8-5-2;1-13-16(14,15)7-3-2-5(4-6(7)9)8(10,11)12/h4-8H2,1-3H3,(H,13,15,16);2-4,13H,1H3. The van der Waals surface area contributed by atoms with Crippen molar-refractivity contribution < 1.29 is 26.0 Å². The van der Waals surface area contributed by atoms with Gasteiger partial charge in [0.25, 0.3) is 5.56 Å². The van der Waals surface area contributed by atoms with Gasteiger partial charge in [0.1, 0.15) is 10.7 Å². The van der Waals surface area contributed by atoms with E-state index in [4.69, 9.17) is 0 Å². The number of sulfonamides is 1. The predicted molar refractivity (Wildman–Crippen MR) is 113 cm³/mol. The molecule has 0 aliphatic carbocycles. The lowest BCUT2D eigenvalue weighted by atomic mass is 10.1. The summed E-state index contributed by atoms with van der Waals surface area (Å²) in [6.45, 7) is 6.71. The van der Waals surface area contributed by atoms with Crippen molar-refractivity contribution in [3.8, 4) is 0 Å².